The van der Waals surface area contributed by atoms with Crippen LogP contribution in [0.15, 0.2) is 352 Å². The Kier molecular flexibility index (Phi) is 15.7. The molecule has 0 N–H and O–H groups in total. The van der Waals surface area contributed by atoms with Gasteiger partial charge in [-0.1, -0.05) is 245 Å². The summed E-state index contributed by atoms with van der Waals surface area (Å²) in [4.78, 5) is 9.56. The highest BCUT2D eigenvalue weighted by molar-refractivity contribution is 5.90. The van der Waals surface area contributed by atoms with Gasteiger partial charge in [-0.05, 0) is 249 Å². The summed E-state index contributed by atoms with van der Waals surface area (Å²) >= 11 is 0. The maximum Gasteiger partial charge on any atom is 0.0465 e. The molecule has 4 heteroatoms. The first-order chi connectivity index (χ1) is 49.5. The van der Waals surface area contributed by atoms with E-state index in [1.54, 1.807) is 0 Å². The number of para-hydroxylation sites is 4. The molecule has 2 fully saturated rings. The molecule has 0 radical (unpaired) electrons. The number of benzene rings is 14. The fraction of sp³-hybridized carbons (Fsp3) is 0.125. The van der Waals surface area contributed by atoms with E-state index < -0.39 is 0 Å². The lowest BCUT2D eigenvalue weighted by molar-refractivity contribution is 0.353. The van der Waals surface area contributed by atoms with Gasteiger partial charge >= 0.3 is 0 Å². The molecule has 0 heterocycles. The summed E-state index contributed by atoms with van der Waals surface area (Å²) in [7, 11) is 0. The quantitative estimate of drug-likeness (QED) is 0.101. The van der Waals surface area contributed by atoms with E-state index >= 15 is 0 Å². The molecule has 0 unspecified atom stereocenters. The molecular formula is C96H78N4. The molecule has 4 aliphatic rings. The smallest absolute Gasteiger partial charge is 0.0465 e. The maximum atomic E-state index is 2.52. The van der Waals surface area contributed by atoms with Crippen LogP contribution in [-0.4, -0.2) is 0 Å². The third-order valence-electron chi connectivity index (χ3n) is 22.2. The van der Waals surface area contributed by atoms with E-state index in [1.165, 1.54) is 142 Å². The summed E-state index contributed by atoms with van der Waals surface area (Å²) < 4.78 is 0. The van der Waals surface area contributed by atoms with Crippen molar-refractivity contribution in [3.8, 4) is 55.6 Å². The highest BCUT2D eigenvalue weighted by atomic mass is 15.2. The molecule has 0 saturated heterocycles. The Labute approximate surface area is 589 Å². The highest BCUT2D eigenvalue weighted by Gasteiger charge is 2.45. The maximum absolute atomic E-state index is 2.52. The van der Waals surface area contributed by atoms with Crippen molar-refractivity contribution in [3.05, 3.63) is 374 Å². The van der Waals surface area contributed by atoms with E-state index in [1.807, 2.05) is 0 Å². The Morgan fingerprint density at radius 2 is 0.360 bits per heavy atom. The van der Waals surface area contributed by atoms with Crippen LogP contribution >= 0.6 is 0 Å². The number of nitrogens with zero attached hydrogens (tertiary/aromatic N) is 4. The van der Waals surface area contributed by atoms with Gasteiger partial charge in [-0.15, -0.1) is 0 Å². The molecule has 0 atom stereocenters. The summed E-state index contributed by atoms with van der Waals surface area (Å²) in [5.41, 5.74) is 32.4. The van der Waals surface area contributed by atoms with Crippen molar-refractivity contribution in [1.82, 2.24) is 0 Å². The number of hydrogen-bond acceptors (Lipinski definition) is 4. The summed E-state index contributed by atoms with van der Waals surface area (Å²) in [6.07, 6.45) is 12.6. The van der Waals surface area contributed by atoms with Crippen molar-refractivity contribution in [1.29, 1.82) is 0 Å². The molecule has 482 valence electrons. The first-order valence-corrected chi connectivity index (χ1v) is 36.0. The van der Waals surface area contributed by atoms with Crippen LogP contribution in [-0.2, 0) is 10.8 Å². The molecule has 18 rings (SSSR count). The second-order valence-electron chi connectivity index (χ2n) is 27.8. The monoisotopic (exact) mass is 1290 g/mol. The van der Waals surface area contributed by atoms with Crippen molar-refractivity contribution in [2.24, 2.45) is 0 Å². The first kappa shape index (κ1) is 60.7. The number of fused-ring (bicyclic) bond motifs is 10. The van der Waals surface area contributed by atoms with E-state index in [-0.39, 0.29) is 10.8 Å². The molecule has 4 nitrogen and oxygen atoms in total. The fourth-order valence-corrected chi connectivity index (χ4v) is 17.5. The van der Waals surface area contributed by atoms with Gasteiger partial charge in [0.1, 0.15) is 0 Å². The Hall–Kier alpha value is -11.7. The van der Waals surface area contributed by atoms with Crippen LogP contribution in [0.3, 0.4) is 0 Å². The number of anilines is 12. The van der Waals surface area contributed by atoms with Gasteiger partial charge in [0.05, 0.1) is 0 Å². The highest BCUT2D eigenvalue weighted by Crippen LogP contribution is 2.59. The minimum Gasteiger partial charge on any atom is -0.311 e. The molecule has 0 aliphatic heterocycles. The van der Waals surface area contributed by atoms with Gasteiger partial charge in [-0.2, -0.15) is 0 Å². The van der Waals surface area contributed by atoms with E-state index in [0.717, 1.165) is 68.0 Å². The van der Waals surface area contributed by atoms with Crippen LogP contribution in [0.5, 0.6) is 0 Å². The fourth-order valence-electron chi connectivity index (χ4n) is 17.5. The molecule has 4 aliphatic carbocycles. The zero-order valence-corrected chi connectivity index (χ0v) is 56.3. The zero-order chi connectivity index (χ0) is 66.4. The Balaban J connectivity index is 0.585. The van der Waals surface area contributed by atoms with Crippen molar-refractivity contribution < 1.29 is 0 Å². The van der Waals surface area contributed by atoms with Crippen LogP contribution < -0.4 is 19.6 Å². The van der Waals surface area contributed by atoms with Gasteiger partial charge in [-0.25, -0.2) is 0 Å². The van der Waals surface area contributed by atoms with Crippen LogP contribution in [0.2, 0.25) is 0 Å². The predicted molar refractivity (Wildman–Crippen MR) is 420 cm³/mol. The molecular weight excluding hydrogens is 1210 g/mol. The molecule has 2 spiro atoms. The van der Waals surface area contributed by atoms with Gasteiger partial charge in [0.15, 0.2) is 0 Å². The van der Waals surface area contributed by atoms with Crippen molar-refractivity contribution in [2.45, 2.75) is 75.0 Å². The summed E-state index contributed by atoms with van der Waals surface area (Å²) in [5.74, 6) is 0. The molecule has 0 amide bonds. The lowest BCUT2D eigenvalue weighted by Gasteiger charge is -2.36. The van der Waals surface area contributed by atoms with Gasteiger partial charge < -0.3 is 19.6 Å². The van der Waals surface area contributed by atoms with E-state index in [4.69, 9.17) is 0 Å². The molecule has 14 aromatic rings. The normalized spacial score (nSPS) is 14.4. The molecule has 0 bridgehead atoms. The largest absolute Gasteiger partial charge is 0.311 e. The molecule has 2 saturated carbocycles. The first-order valence-electron chi connectivity index (χ1n) is 36.0. The summed E-state index contributed by atoms with van der Waals surface area (Å²) in [6, 6.07) is 130. The van der Waals surface area contributed by atoms with Crippen molar-refractivity contribution in [2.75, 3.05) is 19.6 Å². The summed E-state index contributed by atoms with van der Waals surface area (Å²) in [6.45, 7) is 0. The average molecular weight is 1290 g/mol. The van der Waals surface area contributed by atoms with Gasteiger partial charge in [0.2, 0.25) is 0 Å². The molecule has 14 aromatic carbocycles. The average Bonchev–Trinajstić information content (AvgIpc) is 1.56. The van der Waals surface area contributed by atoms with Crippen LogP contribution in [0.4, 0.5) is 68.2 Å². The Morgan fingerprint density at radius 3 is 0.620 bits per heavy atom. The van der Waals surface area contributed by atoms with Gasteiger partial charge in [0.25, 0.3) is 0 Å². The standard InChI is InChI=1S/C96H78N4/c1-7-23-75(24-8-1)97(81-51-39-71(40-52-81)73-43-55-83(56-44-73)99(77-27-11-3-12-28-77)85-59-61-89-87-31-15-17-33-91(87)95(93(89)67-85)63-19-5-20-64-95)79-47-35-69(36-48-79)70-37-49-80(50-38-70)98(76-25-9-2-10-26-76)82-53-41-72(42-54-82)74-45-57-84(58-46-74)100(78-29-13-4-14-30-78)86-60-62-90-88-32-16-18-34-92(88)96(94(90)68-86)65-21-6-22-66-96/h1-4,7-18,23-62,67-68H,5-6,19-22,63-66H2. The molecule has 100 heavy (non-hydrogen) atoms. The SMILES string of the molecule is c1ccc(N(c2ccc(-c3ccc(N(c4ccccc4)c4ccc(-c5ccc(N(c6ccccc6)c6ccc7c(c6)C6(CCCCC6)c6ccccc6-7)cc5)cc4)cc3)cc2)c2ccc(-c3ccc(N(c4ccccc4)c4ccc5c(c4)C4(CCCCC4)c4ccccc4-5)cc3)cc2)cc1. The summed E-state index contributed by atoms with van der Waals surface area (Å²) in [5, 5.41) is 0. The third-order valence-corrected chi connectivity index (χ3v) is 22.2. The van der Waals surface area contributed by atoms with Crippen molar-refractivity contribution >= 4 is 68.2 Å². The lowest BCUT2D eigenvalue weighted by Crippen LogP contribution is -2.28. The zero-order valence-electron chi connectivity index (χ0n) is 56.3. The van der Waals surface area contributed by atoms with E-state index in [2.05, 4.69) is 371 Å². The number of rotatable bonds is 15. The van der Waals surface area contributed by atoms with E-state index in [0.29, 0.717) is 0 Å². The van der Waals surface area contributed by atoms with Crippen LogP contribution in [0.25, 0.3) is 55.6 Å². The predicted octanol–water partition coefficient (Wildman–Crippen LogP) is 27.0. The Bertz CT molecular complexity index is 4860. The minimum atomic E-state index is 0.0833. The minimum absolute atomic E-state index is 0.0833. The molecule has 0 aromatic heterocycles. The third kappa shape index (κ3) is 10.9. The number of hydrogen-bond donors (Lipinski definition) is 0. The lowest BCUT2D eigenvalue weighted by atomic mass is 9.68. The van der Waals surface area contributed by atoms with E-state index in [9.17, 15) is 0 Å². The van der Waals surface area contributed by atoms with Crippen LogP contribution in [0.1, 0.15) is 86.5 Å². The second-order valence-corrected chi connectivity index (χ2v) is 27.8. The van der Waals surface area contributed by atoms with Crippen molar-refractivity contribution in [3.63, 3.8) is 0 Å². The van der Waals surface area contributed by atoms with Gasteiger partial charge in [0, 0.05) is 79.1 Å². The van der Waals surface area contributed by atoms with Crippen LogP contribution in [0, 0.1) is 0 Å². The Morgan fingerprint density at radius 1 is 0.160 bits per heavy atom. The van der Waals surface area contributed by atoms with Gasteiger partial charge in [-0.3, -0.25) is 0 Å². The second kappa shape index (κ2) is 25.9. The topological polar surface area (TPSA) is 13.0 Å².